The summed E-state index contributed by atoms with van der Waals surface area (Å²) in [4.78, 5) is 37.2. The quantitative estimate of drug-likeness (QED) is 0.235. The summed E-state index contributed by atoms with van der Waals surface area (Å²) in [6, 6.07) is 0. The van der Waals surface area contributed by atoms with E-state index in [9.17, 15) is 0 Å². The van der Waals surface area contributed by atoms with Gasteiger partial charge in [-0.25, -0.2) is 0 Å². The van der Waals surface area contributed by atoms with Gasteiger partial charge >= 0.3 is 59.6 Å². The molecule has 58 valence electrons. The summed E-state index contributed by atoms with van der Waals surface area (Å²) in [6.45, 7) is 0. The first kappa shape index (κ1) is 17.8. The monoisotopic (exact) mass is 218 g/mol. The van der Waals surface area contributed by atoms with Crippen LogP contribution in [0.5, 0.6) is 0 Å². The maximum Gasteiger partial charge on any atom is 1.00 e. The number of rotatable bonds is 0. The van der Waals surface area contributed by atoms with Crippen molar-refractivity contribution in [3.05, 3.63) is 0 Å². The molecule has 0 aromatic rings. The number of hydrogen-bond acceptors (Lipinski definition) is 3. The second-order valence-electron chi connectivity index (χ2n) is 0.773. The summed E-state index contributed by atoms with van der Waals surface area (Å²) >= 11 is 0. The summed E-state index contributed by atoms with van der Waals surface area (Å²) in [5.74, 6) is 0. The molecular formula is H5KO7P2. The predicted molar refractivity (Wildman–Crippen MR) is 25.5 cm³/mol. The first-order valence-corrected chi connectivity index (χ1v) is 4.25. The number of phosphoric acid groups is 1. The SMILES string of the molecule is O=P([O-])(O)O.O=[PH](O)O.[K+]. The van der Waals surface area contributed by atoms with Crippen molar-refractivity contribution in [2.75, 3.05) is 0 Å². The van der Waals surface area contributed by atoms with Gasteiger partial charge in [0, 0.05) is 0 Å². The molecule has 0 spiro atoms. The average molecular weight is 218 g/mol. The van der Waals surface area contributed by atoms with E-state index in [4.69, 9.17) is 33.6 Å². The van der Waals surface area contributed by atoms with Gasteiger partial charge in [0.25, 0.3) is 7.82 Å². The van der Waals surface area contributed by atoms with Crippen molar-refractivity contribution < 1.29 is 85.0 Å². The van der Waals surface area contributed by atoms with Gasteiger partial charge in [-0.15, -0.1) is 0 Å². The fourth-order valence-corrected chi connectivity index (χ4v) is 0. The molecule has 7 nitrogen and oxygen atoms in total. The van der Waals surface area contributed by atoms with E-state index < -0.39 is 16.1 Å². The molecule has 0 rings (SSSR count). The third-order valence-electron chi connectivity index (χ3n) is 0. The second-order valence-corrected chi connectivity index (χ2v) is 2.32. The van der Waals surface area contributed by atoms with Gasteiger partial charge in [-0.2, -0.15) is 0 Å². The Kier molecular flexibility index (Phi) is 16.0. The van der Waals surface area contributed by atoms with Crippen LogP contribution >= 0.6 is 16.1 Å². The first-order chi connectivity index (χ1) is 3.73. The Morgan fingerprint density at radius 1 is 1.30 bits per heavy atom. The molecule has 10 heteroatoms. The minimum Gasteiger partial charge on any atom is -0.756 e. The van der Waals surface area contributed by atoms with Gasteiger partial charge in [-0.3, -0.25) is 9.13 Å². The molecule has 0 aromatic carbocycles. The summed E-state index contributed by atoms with van der Waals surface area (Å²) < 4.78 is 17.5. The normalized spacial score (nSPS) is 9.40. The molecule has 0 radical (unpaired) electrons. The minimum absolute atomic E-state index is 0. The van der Waals surface area contributed by atoms with Crippen LogP contribution in [0.1, 0.15) is 0 Å². The van der Waals surface area contributed by atoms with E-state index in [1.807, 2.05) is 0 Å². The van der Waals surface area contributed by atoms with Gasteiger partial charge in [0.1, 0.15) is 0 Å². The zero-order valence-electron chi connectivity index (χ0n) is 4.96. The van der Waals surface area contributed by atoms with Crippen molar-refractivity contribution in [1.29, 1.82) is 0 Å². The van der Waals surface area contributed by atoms with Crippen LogP contribution < -0.4 is 56.3 Å². The Labute approximate surface area is 99.7 Å². The molecule has 0 atom stereocenters. The molecule has 0 fully saturated rings. The van der Waals surface area contributed by atoms with E-state index in [2.05, 4.69) is 0 Å². The maximum atomic E-state index is 8.77. The zero-order valence-corrected chi connectivity index (χ0v) is 9.98. The van der Waals surface area contributed by atoms with Crippen molar-refractivity contribution in [3.8, 4) is 0 Å². The summed E-state index contributed by atoms with van der Waals surface area (Å²) in [5.41, 5.74) is 0. The smallest absolute Gasteiger partial charge is 0.756 e. The molecule has 0 aromatic heterocycles. The molecule has 4 N–H and O–H groups in total. The van der Waals surface area contributed by atoms with Crippen LogP contribution in [0.3, 0.4) is 0 Å². The summed E-state index contributed by atoms with van der Waals surface area (Å²) in [5, 5.41) is 0. The summed E-state index contributed by atoms with van der Waals surface area (Å²) in [6.07, 6.45) is 0. The van der Waals surface area contributed by atoms with E-state index in [1.54, 1.807) is 0 Å². The Morgan fingerprint density at radius 3 is 1.30 bits per heavy atom. The van der Waals surface area contributed by atoms with Crippen LogP contribution in [-0.2, 0) is 9.13 Å². The van der Waals surface area contributed by atoms with Gasteiger partial charge in [-0.1, -0.05) is 0 Å². The predicted octanol–water partition coefficient (Wildman–Crippen LogP) is -5.20. The minimum atomic E-state index is -4.89. The fraction of sp³-hybridized carbons (Fsp3) is 0. The molecule has 0 aliphatic carbocycles. The van der Waals surface area contributed by atoms with Crippen molar-refractivity contribution >= 4 is 16.1 Å². The van der Waals surface area contributed by atoms with Gasteiger partial charge < -0.3 is 24.5 Å². The van der Waals surface area contributed by atoms with Gasteiger partial charge in [0.05, 0.1) is 0 Å². The van der Waals surface area contributed by atoms with E-state index in [-0.39, 0.29) is 51.4 Å². The third-order valence-corrected chi connectivity index (χ3v) is 0. The molecule has 10 heavy (non-hydrogen) atoms. The Morgan fingerprint density at radius 2 is 1.30 bits per heavy atom. The molecule has 0 saturated heterocycles. The Hall–Kier alpha value is 1.90. The van der Waals surface area contributed by atoms with Gasteiger partial charge in [0.2, 0.25) is 0 Å². The summed E-state index contributed by atoms with van der Waals surface area (Å²) in [7, 11) is -8.02. The van der Waals surface area contributed by atoms with E-state index in [0.717, 1.165) is 0 Å². The molecule has 0 amide bonds. The Bertz CT molecular complexity index is 111. The molecule has 0 saturated carbocycles. The van der Waals surface area contributed by atoms with Gasteiger partial charge in [0.15, 0.2) is 0 Å². The molecular weight excluding hydrogens is 213 g/mol. The average Bonchev–Trinajstić information content (AvgIpc) is 1.19. The van der Waals surface area contributed by atoms with Crippen LogP contribution in [0.4, 0.5) is 0 Å². The molecule has 0 bridgehead atoms. The first-order valence-electron chi connectivity index (χ1n) is 1.42. The van der Waals surface area contributed by atoms with E-state index >= 15 is 0 Å². The van der Waals surface area contributed by atoms with Crippen LogP contribution in [0.2, 0.25) is 0 Å². The van der Waals surface area contributed by atoms with Crippen molar-refractivity contribution in [3.63, 3.8) is 0 Å². The van der Waals surface area contributed by atoms with Crippen molar-refractivity contribution in [1.82, 2.24) is 0 Å². The topological polar surface area (TPSA) is 138 Å². The molecule has 0 heterocycles. The standard InChI is InChI=1S/K.H3O4P.H3O3P/c;1-5(2,3)4;1-4(2)3/h;(H3,1,2,3,4);4H,(H2,1,2,3)/q+1;;/p-1. The van der Waals surface area contributed by atoms with E-state index in [1.165, 1.54) is 0 Å². The largest absolute Gasteiger partial charge is 1.00 e. The third kappa shape index (κ3) is 218. The van der Waals surface area contributed by atoms with Crippen molar-refractivity contribution in [2.24, 2.45) is 0 Å². The van der Waals surface area contributed by atoms with Crippen LogP contribution in [0.25, 0.3) is 0 Å². The zero-order chi connectivity index (χ0) is 8.08. The van der Waals surface area contributed by atoms with Gasteiger partial charge in [-0.05, 0) is 0 Å². The van der Waals surface area contributed by atoms with Crippen molar-refractivity contribution in [2.45, 2.75) is 0 Å². The second kappa shape index (κ2) is 8.99. The molecule has 0 aliphatic heterocycles. The molecule has 0 unspecified atom stereocenters. The molecule has 0 aliphatic rings. The maximum absolute atomic E-state index is 8.77. The van der Waals surface area contributed by atoms with Crippen LogP contribution in [-0.4, -0.2) is 19.6 Å². The van der Waals surface area contributed by atoms with Crippen LogP contribution in [0, 0.1) is 0 Å². The fourth-order valence-electron chi connectivity index (χ4n) is 0. The number of hydrogen-bond donors (Lipinski definition) is 4. The van der Waals surface area contributed by atoms with Crippen LogP contribution in [0.15, 0.2) is 0 Å². The van der Waals surface area contributed by atoms with E-state index in [0.29, 0.717) is 0 Å². The Balaban J connectivity index is -0.0000000910.